The summed E-state index contributed by atoms with van der Waals surface area (Å²) >= 11 is 0. The number of halogens is 1. The monoisotopic (exact) mass is 410 g/mol. The second kappa shape index (κ2) is 8.18. The summed E-state index contributed by atoms with van der Waals surface area (Å²) in [5.41, 5.74) is 2.08. The first kappa shape index (κ1) is 19.9. The van der Waals surface area contributed by atoms with Crippen molar-refractivity contribution in [1.82, 2.24) is 9.80 Å². The van der Waals surface area contributed by atoms with Crippen LogP contribution in [0.3, 0.4) is 0 Å². The van der Waals surface area contributed by atoms with Gasteiger partial charge in [-0.2, -0.15) is 0 Å². The van der Waals surface area contributed by atoms with E-state index in [1.54, 1.807) is 37.4 Å². The molecular weight excluding hydrogens is 387 g/mol. The van der Waals surface area contributed by atoms with Crippen LogP contribution in [0.5, 0.6) is 11.5 Å². The highest BCUT2D eigenvalue weighted by Gasteiger charge is 2.42. The molecule has 2 aromatic carbocycles. The fraction of sp³-hybridized carbons (Fsp3) is 0.304. The van der Waals surface area contributed by atoms with Gasteiger partial charge in [-0.25, -0.2) is 4.39 Å². The van der Waals surface area contributed by atoms with Crippen LogP contribution in [-0.4, -0.2) is 48.9 Å². The number of hydrogen-bond donors (Lipinski definition) is 0. The van der Waals surface area contributed by atoms with Crippen LogP contribution >= 0.6 is 0 Å². The summed E-state index contributed by atoms with van der Waals surface area (Å²) in [4.78, 5) is 29.9. The van der Waals surface area contributed by atoms with E-state index in [-0.39, 0.29) is 24.2 Å². The fourth-order valence-corrected chi connectivity index (χ4v) is 3.97. The van der Waals surface area contributed by atoms with Crippen molar-refractivity contribution in [2.75, 3.05) is 27.3 Å². The quantitative estimate of drug-likeness (QED) is 0.685. The summed E-state index contributed by atoms with van der Waals surface area (Å²) < 4.78 is 23.9. The summed E-state index contributed by atoms with van der Waals surface area (Å²) in [7, 11) is 3.07. The van der Waals surface area contributed by atoms with Gasteiger partial charge < -0.3 is 14.4 Å². The van der Waals surface area contributed by atoms with Crippen LogP contribution < -0.4 is 9.47 Å². The lowest BCUT2D eigenvalue weighted by atomic mass is 10.0. The Morgan fingerprint density at radius 2 is 1.57 bits per heavy atom. The number of benzene rings is 2. The molecule has 0 N–H and O–H groups in total. The fourth-order valence-electron chi connectivity index (χ4n) is 3.97. The predicted octanol–water partition coefficient (Wildman–Crippen LogP) is 3.22. The number of nitrogens with zero attached hydrogens (tertiary/aromatic N) is 2. The number of imide groups is 1. The van der Waals surface area contributed by atoms with Gasteiger partial charge >= 0.3 is 0 Å². The molecule has 0 radical (unpaired) electrons. The highest BCUT2D eigenvalue weighted by Crippen LogP contribution is 2.37. The van der Waals surface area contributed by atoms with Gasteiger partial charge in [0.25, 0.3) is 11.8 Å². The molecule has 0 bridgehead atoms. The van der Waals surface area contributed by atoms with E-state index < -0.39 is 0 Å². The van der Waals surface area contributed by atoms with E-state index >= 15 is 0 Å². The Morgan fingerprint density at radius 1 is 0.900 bits per heavy atom. The molecule has 0 aliphatic carbocycles. The number of hydrogen-bond acceptors (Lipinski definition) is 5. The summed E-state index contributed by atoms with van der Waals surface area (Å²) in [5.74, 6) is -0.0146. The highest BCUT2D eigenvalue weighted by atomic mass is 19.1. The third kappa shape index (κ3) is 3.51. The molecule has 0 saturated carbocycles. The third-order valence-corrected chi connectivity index (χ3v) is 5.49. The number of carbonyl (C=O) groups excluding carboxylic acids is 2. The normalized spacial score (nSPS) is 16.6. The second-order valence-corrected chi connectivity index (χ2v) is 7.31. The Morgan fingerprint density at radius 3 is 2.20 bits per heavy atom. The maximum absolute atomic E-state index is 13.4. The molecule has 2 amide bonds. The molecule has 2 aliphatic heterocycles. The number of likely N-dealkylation sites (tertiary alicyclic amines) is 1. The van der Waals surface area contributed by atoms with Crippen LogP contribution in [0.15, 0.2) is 48.2 Å². The van der Waals surface area contributed by atoms with Gasteiger partial charge in [0.1, 0.15) is 11.5 Å². The van der Waals surface area contributed by atoms with Crippen LogP contribution in [0.1, 0.15) is 24.0 Å². The van der Waals surface area contributed by atoms with Crippen molar-refractivity contribution in [3.05, 3.63) is 65.1 Å². The number of carbonyl (C=O) groups is 2. The van der Waals surface area contributed by atoms with Crippen molar-refractivity contribution in [2.24, 2.45) is 0 Å². The topological polar surface area (TPSA) is 59.1 Å². The lowest BCUT2D eigenvalue weighted by Crippen LogP contribution is -2.34. The Bertz CT molecular complexity index is 1010. The predicted molar refractivity (Wildman–Crippen MR) is 109 cm³/mol. The Labute approximate surface area is 174 Å². The number of ether oxygens (including phenoxy) is 2. The van der Waals surface area contributed by atoms with Gasteiger partial charge in [-0.3, -0.25) is 14.5 Å². The lowest BCUT2D eigenvalue weighted by Gasteiger charge is -2.20. The molecule has 1 fully saturated rings. The maximum Gasteiger partial charge on any atom is 0.278 e. The second-order valence-electron chi connectivity index (χ2n) is 7.31. The van der Waals surface area contributed by atoms with Crippen molar-refractivity contribution in [1.29, 1.82) is 0 Å². The standard InChI is InChI=1S/C23H23FN2O4/c1-29-18-10-7-16(13-19(18)30-2)20-21(25-11-3-4-12-25)23(28)26(22(20)27)14-15-5-8-17(24)9-6-15/h5-10,13H,3-4,11-12,14H2,1-2H3. The number of methoxy groups -OCH3 is 2. The minimum atomic E-state index is -0.363. The molecule has 0 unspecified atom stereocenters. The van der Waals surface area contributed by atoms with E-state index in [2.05, 4.69) is 0 Å². The molecule has 2 aliphatic rings. The van der Waals surface area contributed by atoms with Gasteiger partial charge in [-0.15, -0.1) is 0 Å². The number of rotatable bonds is 6. The Balaban J connectivity index is 1.75. The first-order valence-corrected chi connectivity index (χ1v) is 9.85. The van der Waals surface area contributed by atoms with E-state index in [9.17, 15) is 14.0 Å². The van der Waals surface area contributed by atoms with Crippen LogP contribution in [-0.2, 0) is 16.1 Å². The van der Waals surface area contributed by atoms with Gasteiger partial charge in [0.05, 0.1) is 26.3 Å². The van der Waals surface area contributed by atoms with E-state index in [0.717, 1.165) is 25.9 Å². The highest BCUT2D eigenvalue weighted by molar-refractivity contribution is 6.35. The van der Waals surface area contributed by atoms with Gasteiger partial charge in [0.2, 0.25) is 0 Å². The first-order chi connectivity index (χ1) is 14.5. The molecule has 0 atom stereocenters. The van der Waals surface area contributed by atoms with E-state index in [1.165, 1.54) is 24.1 Å². The molecule has 1 saturated heterocycles. The minimum absolute atomic E-state index is 0.0894. The Kier molecular flexibility index (Phi) is 5.44. The zero-order valence-electron chi connectivity index (χ0n) is 17.0. The summed E-state index contributed by atoms with van der Waals surface area (Å²) in [5, 5.41) is 0. The average Bonchev–Trinajstić information content (AvgIpc) is 3.37. The molecule has 0 aromatic heterocycles. The Hall–Kier alpha value is -3.35. The molecule has 4 rings (SSSR count). The smallest absolute Gasteiger partial charge is 0.278 e. The third-order valence-electron chi connectivity index (χ3n) is 5.49. The molecule has 7 heteroatoms. The van der Waals surface area contributed by atoms with Crippen LogP contribution in [0.25, 0.3) is 5.57 Å². The van der Waals surface area contributed by atoms with Gasteiger partial charge in [0.15, 0.2) is 11.5 Å². The van der Waals surface area contributed by atoms with Crippen molar-refractivity contribution in [3.8, 4) is 11.5 Å². The van der Waals surface area contributed by atoms with Crippen LogP contribution in [0.2, 0.25) is 0 Å². The molecule has 6 nitrogen and oxygen atoms in total. The lowest BCUT2D eigenvalue weighted by molar-refractivity contribution is -0.138. The number of amides is 2. The SMILES string of the molecule is COc1ccc(C2=C(N3CCCC3)C(=O)N(Cc3ccc(F)cc3)C2=O)cc1OC. The van der Waals surface area contributed by atoms with Gasteiger partial charge in [-0.05, 0) is 48.2 Å². The van der Waals surface area contributed by atoms with Crippen molar-refractivity contribution in [3.63, 3.8) is 0 Å². The van der Waals surface area contributed by atoms with E-state index in [0.29, 0.717) is 33.9 Å². The zero-order chi connectivity index (χ0) is 21.3. The van der Waals surface area contributed by atoms with E-state index in [1.807, 2.05) is 4.90 Å². The molecule has 2 heterocycles. The molecule has 30 heavy (non-hydrogen) atoms. The average molecular weight is 410 g/mol. The van der Waals surface area contributed by atoms with E-state index in [4.69, 9.17) is 9.47 Å². The van der Waals surface area contributed by atoms with Crippen molar-refractivity contribution in [2.45, 2.75) is 19.4 Å². The van der Waals surface area contributed by atoms with Crippen molar-refractivity contribution >= 4 is 17.4 Å². The first-order valence-electron chi connectivity index (χ1n) is 9.85. The molecular formula is C23H23FN2O4. The summed E-state index contributed by atoms with van der Waals surface area (Å²) in [6.07, 6.45) is 1.95. The molecule has 2 aromatic rings. The van der Waals surface area contributed by atoms with Crippen molar-refractivity contribution < 1.29 is 23.5 Å². The molecule has 156 valence electrons. The van der Waals surface area contributed by atoms with Gasteiger partial charge in [0, 0.05) is 13.1 Å². The molecule has 0 spiro atoms. The largest absolute Gasteiger partial charge is 0.493 e. The minimum Gasteiger partial charge on any atom is -0.493 e. The zero-order valence-corrected chi connectivity index (χ0v) is 17.0. The van der Waals surface area contributed by atoms with Crippen LogP contribution in [0, 0.1) is 5.82 Å². The summed E-state index contributed by atoms with van der Waals surface area (Å²) in [6, 6.07) is 11.0. The maximum atomic E-state index is 13.4. The van der Waals surface area contributed by atoms with Crippen LogP contribution in [0.4, 0.5) is 4.39 Å². The van der Waals surface area contributed by atoms with Gasteiger partial charge in [-0.1, -0.05) is 18.2 Å². The summed E-state index contributed by atoms with van der Waals surface area (Å²) in [6.45, 7) is 1.55.